The predicted molar refractivity (Wildman–Crippen MR) is 142 cm³/mol. The van der Waals surface area contributed by atoms with Crippen LogP contribution in [0.2, 0.25) is 5.02 Å². The zero-order valence-electron chi connectivity index (χ0n) is 21.2. The zero-order valence-corrected chi connectivity index (χ0v) is 22.7. The summed E-state index contributed by atoms with van der Waals surface area (Å²) in [5, 5.41) is 0.617. The van der Waals surface area contributed by atoms with E-state index in [1.54, 1.807) is 40.7 Å². The number of amides is 1. The van der Waals surface area contributed by atoms with Crippen molar-refractivity contribution in [1.29, 1.82) is 0 Å². The number of aryl methyl sites for hydroxylation is 1. The van der Waals surface area contributed by atoms with Crippen molar-refractivity contribution in [3.05, 3.63) is 59.1 Å². The lowest BCUT2D eigenvalue weighted by molar-refractivity contribution is -0.136. The van der Waals surface area contributed by atoms with Crippen LogP contribution in [-0.4, -0.2) is 81.4 Å². The average molecular weight is 534 g/mol. The fourth-order valence-electron chi connectivity index (χ4n) is 4.98. The lowest BCUT2D eigenvalue weighted by atomic mass is 9.78. The van der Waals surface area contributed by atoms with Gasteiger partial charge in [0.2, 0.25) is 15.9 Å². The molecule has 196 valence electrons. The molecular weight excluding hydrogens is 498 g/mol. The van der Waals surface area contributed by atoms with E-state index in [0.717, 1.165) is 31.5 Å². The molecule has 4 rings (SSSR count). The van der Waals surface area contributed by atoms with Gasteiger partial charge >= 0.3 is 0 Å². The number of piperazine rings is 1. The van der Waals surface area contributed by atoms with E-state index in [1.165, 1.54) is 0 Å². The van der Waals surface area contributed by atoms with E-state index in [9.17, 15) is 13.2 Å². The van der Waals surface area contributed by atoms with E-state index in [-0.39, 0.29) is 25.5 Å². The first-order valence-electron chi connectivity index (χ1n) is 12.6. The van der Waals surface area contributed by atoms with Crippen LogP contribution < -0.4 is 4.74 Å². The molecule has 2 fully saturated rings. The quantitative estimate of drug-likeness (QED) is 0.514. The predicted octanol–water partition coefficient (Wildman–Crippen LogP) is 3.92. The number of hydrogen-bond acceptors (Lipinski definition) is 5. The zero-order chi connectivity index (χ0) is 25.8. The third-order valence-electron chi connectivity index (χ3n) is 7.34. The summed E-state index contributed by atoms with van der Waals surface area (Å²) in [5.74, 6) is 0.718. The van der Waals surface area contributed by atoms with Crippen LogP contribution in [-0.2, 0) is 21.2 Å². The third kappa shape index (κ3) is 6.40. The van der Waals surface area contributed by atoms with Gasteiger partial charge in [-0.3, -0.25) is 4.79 Å². The van der Waals surface area contributed by atoms with Gasteiger partial charge in [-0.05, 0) is 68.3 Å². The Morgan fingerprint density at radius 2 is 1.67 bits per heavy atom. The summed E-state index contributed by atoms with van der Waals surface area (Å²) < 4.78 is 34.8. The molecule has 2 saturated heterocycles. The number of nitrogens with zero attached hydrogens (tertiary/aromatic N) is 3. The number of sulfonamides is 1. The van der Waals surface area contributed by atoms with E-state index in [0.29, 0.717) is 41.7 Å². The second-order valence-electron chi connectivity index (χ2n) is 10.0. The van der Waals surface area contributed by atoms with Crippen LogP contribution in [0.5, 0.6) is 5.75 Å². The van der Waals surface area contributed by atoms with Gasteiger partial charge in [-0.25, -0.2) is 8.42 Å². The largest absolute Gasteiger partial charge is 0.493 e. The third-order valence-corrected chi connectivity index (χ3v) is 9.45. The van der Waals surface area contributed by atoms with Gasteiger partial charge in [0.15, 0.2) is 0 Å². The van der Waals surface area contributed by atoms with Gasteiger partial charge in [0.25, 0.3) is 0 Å². The molecule has 0 aliphatic carbocycles. The van der Waals surface area contributed by atoms with Gasteiger partial charge in [-0.1, -0.05) is 30.7 Å². The van der Waals surface area contributed by atoms with E-state index in [1.807, 2.05) is 24.0 Å². The van der Waals surface area contributed by atoms with Crippen molar-refractivity contribution in [1.82, 2.24) is 14.1 Å². The number of likely N-dealkylation sites (N-methyl/N-ethyl adjacent to an activating group) is 1. The summed E-state index contributed by atoms with van der Waals surface area (Å²) in [5.41, 5.74) is 0.477. The topological polar surface area (TPSA) is 70.2 Å². The normalized spacial score (nSPS) is 21.9. The first-order chi connectivity index (χ1) is 17.2. The van der Waals surface area contributed by atoms with Gasteiger partial charge in [-0.15, -0.1) is 0 Å². The molecule has 2 aromatic rings. The molecule has 2 heterocycles. The first-order valence-corrected chi connectivity index (χ1v) is 14.5. The molecular formula is C27H36ClN3O4S. The fourth-order valence-corrected chi connectivity index (χ4v) is 6.70. The highest BCUT2D eigenvalue weighted by molar-refractivity contribution is 7.89. The van der Waals surface area contributed by atoms with Crippen LogP contribution in [0.3, 0.4) is 0 Å². The maximum atomic E-state index is 13.6. The van der Waals surface area contributed by atoms with Gasteiger partial charge < -0.3 is 14.5 Å². The molecule has 1 amide bonds. The van der Waals surface area contributed by atoms with Crippen LogP contribution in [0.4, 0.5) is 0 Å². The van der Waals surface area contributed by atoms with Crippen molar-refractivity contribution in [2.75, 3.05) is 52.9 Å². The number of benzene rings is 2. The SMILES string of the molecule is CCc1ccc(S(=O)(=O)N2CCC[C@](COc3ccc(Cl)cc3)(CC(=O)N3CCN(C)CC3)C2)cc1. The molecule has 0 bridgehead atoms. The van der Waals surface area contributed by atoms with Crippen LogP contribution >= 0.6 is 11.6 Å². The van der Waals surface area contributed by atoms with Crippen molar-refractivity contribution in [2.24, 2.45) is 5.41 Å². The van der Waals surface area contributed by atoms with E-state index >= 15 is 0 Å². The Morgan fingerprint density at radius 3 is 2.31 bits per heavy atom. The smallest absolute Gasteiger partial charge is 0.243 e. The molecule has 0 N–H and O–H groups in total. The number of carbonyl (C=O) groups is 1. The van der Waals surface area contributed by atoms with Gasteiger partial charge in [0.05, 0.1) is 11.5 Å². The van der Waals surface area contributed by atoms with E-state index in [4.69, 9.17) is 16.3 Å². The number of piperidine rings is 1. The van der Waals surface area contributed by atoms with E-state index in [2.05, 4.69) is 11.9 Å². The number of halogens is 1. The molecule has 0 unspecified atom stereocenters. The van der Waals surface area contributed by atoms with Gasteiger partial charge in [-0.2, -0.15) is 4.31 Å². The Hall–Kier alpha value is -2.13. The summed E-state index contributed by atoms with van der Waals surface area (Å²) in [7, 11) is -1.63. The minimum atomic E-state index is -3.69. The molecule has 0 aromatic heterocycles. The number of ether oxygens (including phenoxy) is 1. The Kier molecular flexibility index (Phi) is 8.60. The van der Waals surface area contributed by atoms with E-state index < -0.39 is 15.4 Å². The average Bonchev–Trinajstić information content (AvgIpc) is 2.89. The molecule has 0 radical (unpaired) electrons. The minimum absolute atomic E-state index is 0.0642. The van der Waals surface area contributed by atoms with Gasteiger partial charge in [0.1, 0.15) is 5.75 Å². The van der Waals surface area contributed by atoms with Crippen molar-refractivity contribution < 1.29 is 17.9 Å². The summed E-state index contributed by atoms with van der Waals surface area (Å²) in [6.45, 7) is 6.05. The molecule has 2 aliphatic rings. The maximum absolute atomic E-state index is 13.6. The lowest BCUT2D eigenvalue weighted by Gasteiger charge is -2.43. The Bertz CT molecular complexity index is 1130. The number of rotatable bonds is 8. The monoisotopic (exact) mass is 533 g/mol. The molecule has 9 heteroatoms. The summed E-state index contributed by atoms with van der Waals surface area (Å²) in [4.78, 5) is 17.8. The molecule has 0 saturated carbocycles. The molecule has 1 atom stereocenters. The van der Waals surface area contributed by atoms with Crippen molar-refractivity contribution >= 4 is 27.5 Å². The standard InChI is InChI=1S/C27H36ClN3O4S/c1-3-22-5-11-25(12-6-22)36(33,34)31-14-4-13-27(20-31,21-35-24-9-7-23(28)8-10-24)19-26(32)30-17-15-29(2)16-18-30/h5-12H,3-4,13-21H2,1-2H3/t27-/m0/s1. The van der Waals surface area contributed by atoms with Crippen LogP contribution in [0.1, 0.15) is 31.7 Å². The Balaban J connectivity index is 1.56. The highest BCUT2D eigenvalue weighted by atomic mass is 35.5. The fraction of sp³-hybridized carbons (Fsp3) is 0.519. The summed E-state index contributed by atoms with van der Waals surface area (Å²) in [6.07, 6.45) is 2.50. The summed E-state index contributed by atoms with van der Waals surface area (Å²) >= 11 is 6.02. The van der Waals surface area contributed by atoms with Crippen LogP contribution in [0.25, 0.3) is 0 Å². The number of hydrogen-bond donors (Lipinski definition) is 0. The molecule has 0 spiro atoms. The van der Waals surface area contributed by atoms with Crippen LogP contribution in [0, 0.1) is 5.41 Å². The highest BCUT2D eigenvalue weighted by Crippen LogP contribution is 2.37. The molecule has 2 aliphatic heterocycles. The minimum Gasteiger partial charge on any atom is -0.493 e. The van der Waals surface area contributed by atoms with Crippen LogP contribution in [0.15, 0.2) is 53.4 Å². The molecule has 36 heavy (non-hydrogen) atoms. The maximum Gasteiger partial charge on any atom is 0.243 e. The second-order valence-corrected chi connectivity index (χ2v) is 12.4. The second kappa shape index (κ2) is 11.5. The lowest BCUT2D eigenvalue weighted by Crippen LogP contribution is -2.53. The van der Waals surface area contributed by atoms with Crippen molar-refractivity contribution in [3.8, 4) is 5.75 Å². The molecule has 7 nitrogen and oxygen atoms in total. The molecule has 2 aromatic carbocycles. The van der Waals surface area contributed by atoms with Crippen molar-refractivity contribution in [3.63, 3.8) is 0 Å². The first kappa shape index (κ1) is 26.9. The van der Waals surface area contributed by atoms with Crippen molar-refractivity contribution in [2.45, 2.75) is 37.5 Å². The highest BCUT2D eigenvalue weighted by Gasteiger charge is 2.43. The van der Waals surface area contributed by atoms with Gasteiger partial charge in [0, 0.05) is 56.1 Å². The Morgan fingerprint density at radius 1 is 1.00 bits per heavy atom. The summed E-state index contributed by atoms with van der Waals surface area (Å²) in [6, 6.07) is 14.2. The Labute approximate surface area is 220 Å². The number of carbonyl (C=O) groups excluding carboxylic acids is 1.